The van der Waals surface area contributed by atoms with Crippen molar-refractivity contribution in [3.63, 3.8) is 0 Å². The third-order valence-corrected chi connectivity index (χ3v) is 4.63. The van der Waals surface area contributed by atoms with Crippen molar-refractivity contribution in [1.29, 1.82) is 0 Å². The van der Waals surface area contributed by atoms with Crippen LogP contribution in [0.25, 0.3) is 0 Å². The van der Waals surface area contributed by atoms with Crippen molar-refractivity contribution in [3.05, 3.63) is 64.4 Å². The van der Waals surface area contributed by atoms with Crippen LogP contribution in [-0.4, -0.2) is 29.4 Å². The summed E-state index contributed by atoms with van der Waals surface area (Å²) in [5, 5.41) is 0. The van der Waals surface area contributed by atoms with Gasteiger partial charge in [-0.05, 0) is 42.7 Å². The van der Waals surface area contributed by atoms with E-state index in [1.54, 1.807) is 18.5 Å². The molecule has 1 saturated carbocycles. The highest BCUT2D eigenvalue weighted by molar-refractivity contribution is 9.10. The molecule has 1 aromatic heterocycles. The third-order valence-electron chi connectivity index (χ3n) is 4.11. The lowest BCUT2D eigenvalue weighted by Gasteiger charge is -2.24. The van der Waals surface area contributed by atoms with E-state index < -0.39 is 0 Å². The van der Waals surface area contributed by atoms with Crippen molar-refractivity contribution in [2.24, 2.45) is 0 Å². The molecule has 0 saturated heterocycles. The van der Waals surface area contributed by atoms with E-state index in [0.29, 0.717) is 5.56 Å². The lowest BCUT2D eigenvalue weighted by molar-refractivity contribution is 0.0781. The van der Waals surface area contributed by atoms with Gasteiger partial charge in [0, 0.05) is 35.9 Å². The number of hydrogen-bond donors (Lipinski definition) is 0. The standard InChI is InChI=1S/C17H17BrN2O/c1-20(16(21)13-3-2-10-19-11-13)12-17(8-9-17)14-4-6-15(18)7-5-14/h2-7,10-11H,8-9,12H2,1H3. The van der Waals surface area contributed by atoms with E-state index in [-0.39, 0.29) is 11.3 Å². The molecule has 2 aromatic rings. The van der Waals surface area contributed by atoms with Gasteiger partial charge in [-0.15, -0.1) is 0 Å². The molecule has 108 valence electrons. The van der Waals surface area contributed by atoms with Crippen molar-refractivity contribution >= 4 is 21.8 Å². The number of benzene rings is 1. The third kappa shape index (κ3) is 3.00. The minimum atomic E-state index is 0.0338. The molecule has 1 aromatic carbocycles. The Balaban J connectivity index is 1.74. The molecule has 0 aliphatic heterocycles. The molecule has 4 heteroatoms. The molecule has 1 fully saturated rings. The molecule has 3 nitrogen and oxygen atoms in total. The predicted molar refractivity (Wildman–Crippen MR) is 86.3 cm³/mol. The molecule has 1 amide bonds. The normalized spacial score (nSPS) is 15.5. The fourth-order valence-electron chi connectivity index (χ4n) is 2.73. The molecule has 0 atom stereocenters. The molecular weight excluding hydrogens is 328 g/mol. The van der Waals surface area contributed by atoms with Gasteiger partial charge >= 0.3 is 0 Å². The van der Waals surface area contributed by atoms with Crippen molar-refractivity contribution in [1.82, 2.24) is 9.88 Å². The Morgan fingerprint density at radius 3 is 2.57 bits per heavy atom. The average Bonchev–Trinajstić information content (AvgIpc) is 3.28. The van der Waals surface area contributed by atoms with Crippen LogP contribution < -0.4 is 0 Å². The molecule has 0 unspecified atom stereocenters. The second kappa shape index (κ2) is 5.60. The quantitative estimate of drug-likeness (QED) is 0.848. The zero-order valence-corrected chi connectivity index (χ0v) is 13.5. The number of carbonyl (C=O) groups excluding carboxylic acids is 1. The Kier molecular flexibility index (Phi) is 3.81. The van der Waals surface area contributed by atoms with Crippen LogP contribution in [0, 0.1) is 0 Å². The van der Waals surface area contributed by atoms with E-state index in [9.17, 15) is 4.79 Å². The topological polar surface area (TPSA) is 33.2 Å². The van der Waals surface area contributed by atoms with Gasteiger partial charge in [-0.2, -0.15) is 0 Å². The Bertz CT molecular complexity index is 636. The van der Waals surface area contributed by atoms with Crippen LogP contribution >= 0.6 is 15.9 Å². The van der Waals surface area contributed by atoms with Crippen LogP contribution in [0.3, 0.4) is 0 Å². The largest absolute Gasteiger partial charge is 0.341 e. The zero-order chi connectivity index (χ0) is 14.9. The first kappa shape index (κ1) is 14.3. The van der Waals surface area contributed by atoms with E-state index in [0.717, 1.165) is 23.9 Å². The van der Waals surface area contributed by atoms with E-state index >= 15 is 0 Å². The maximum absolute atomic E-state index is 12.4. The van der Waals surface area contributed by atoms with Gasteiger partial charge in [-0.1, -0.05) is 28.1 Å². The minimum Gasteiger partial charge on any atom is -0.341 e. The number of pyridine rings is 1. The summed E-state index contributed by atoms with van der Waals surface area (Å²) in [6, 6.07) is 12.0. The van der Waals surface area contributed by atoms with E-state index in [2.05, 4.69) is 45.2 Å². The van der Waals surface area contributed by atoms with Crippen molar-refractivity contribution in [2.45, 2.75) is 18.3 Å². The second-order valence-corrected chi connectivity index (χ2v) is 6.61. The number of nitrogens with zero attached hydrogens (tertiary/aromatic N) is 2. The number of carbonyl (C=O) groups is 1. The molecule has 0 spiro atoms. The van der Waals surface area contributed by atoms with Crippen LogP contribution in [0.15, 0.2) is 53.3 Å². The smallest absolute Gasteiger partial charge is 0.255 e. The fraction of sp³-hybridized carbons (Fsp3) is 0.294. The summed E-state index contributed by atoms with van der Waals surface area (Å²) in [4.78, 5) is 18.2. The van der Waals surface area contributed by atoms with E-state index in [4.69, 9.17) is 0 Å². The number of aromatic nitrogens is 1. The lowest BCUT2D eigenvalue weighted by Crippen LogP contribution is -2.34. The van der Waals surface area contributed by atoms with Gasteiger partial charge in [0.1, 0.15) is 0 Å². The number of likely N-dealkylation sites (N-methyl/N-ethyl adjacent to an activating group) is 1. The summed E-state index contributed by atoms with van der Waals surface area (Å²) in [7, 11) is 1.87. The summed E-state index contributed by atoms with van der Waals surface area (Å²) in [5.74, 6) is 0.0338. The first-order chi connectivity index (χ1) is 10.1. The highest BCUT2D eigenvalue weighted by Crippen LogP contribution is 2.48. The van der Waals surface area contributed by atoms with Crippen LogP contribution in [0.1, 0.15) is 28.8 Å². The highest BCUT2D eigenvalue weighted by Gasteiger charge is 2.45. The zero-order valence-electron chi connectivity index (χ0n) is 11.9. The molecule has 0 N–H and O–H groups in total. The molecule has 21 heavy (non-hydrogen) atoms. The van der Waals surface area contributed by atoms with Crippen LogP contribution in [0.2, 0.25) is 0 Å². The number of rotatable bonds is 4. The Morgan fingerprint density at radius 2 is 2.00 bits per heavy atom. The number of halogens is 1. The maximum atomic E-state index is 12.4. The lowest BCUT2D eigenvalue weighted by atomic mass is 9.95. The second-order valence-electron chi connectivity index (χ2n) is 5.69. The molecular formula is C17H17BrN2O. The minimum absolute atomic E-state index is 0.0338. The maximum Gasteiger partial charge on any atom is 0.255 e. The molecule has 0 bridgehead atoms. The first-order valence-electron chi connectivity index (χ1n) is 7.02. The van der Waals surface area contributed by atoms with Gasteiger partial charge in [0.15, 0.2) is 0 Å². The number of amides is 1. The summed E-state index contributed by atoms with van der Waals surface area (Å²) in [6.07, 6.45) is 5.58. The van der Waals surface area contributed by atoms with E-state index in [1.807, 2.05) is 18.0 Å². The molecule has 1 aliphatic carbocycles. The van der Waals surface area contributed by atoms with Crippen LogP contribution in [-0.2, 0) is 5.41 Å². The van der Waals surface area contributed by atoms with Gasteiger partial charge < -0.3 is 4.90 Å². The summed E-state index contributed by atoms with van der Waals surface area (Å²) < 4.78 is 1.09. The monoisotopic (exact) mass is 344 g/mol. The van der Waals surface area contributed by atoms with Gasteiger partial charge in [-0.3, -0.25) is 9.78 Å². The Morgan fingerprint density at radius 1 is 1.29 bits per heavy atom. The molecule has 1 aliphatic rings. The van der Waals surface area contributed by atoms with Crippen molar-refractivity contribution in [2.75, 3.05) is 13.6 Å². The van der Waals surface area contributed by atoms with Gasteiger partial charge in [0.05, 0.1) is 5.56 Å². The molecule has 3 rings (SSSR count). The van der Waals surface area contributed by atoms with Gasteiger partial charge in [-0.25, -0.2) is 0 Å². The summed E-state index contributed by atoms with van der Waals surface area (Å²) >= 11 is 3.47. The molecule has 0 radical (unpaired) electrons. The Labute approximate surface area is 133 Å². The van der Waals surface area contributed by atoms with Crippen LogP contribution in [0.5, 0.6) is 0 Å². The van der Waals surface area contributed by atoms with Crippen LogP contribution in [0.4, 0.5) is 0 Å². The highest BCUT2D eigenvalue weighted by atomic mass is 79.9. The summed E-state index contributed by atoms with van der Waals surface area (Å²) in [5.41, 5.74) is 2.09. The Hall–Kier alpha value is -1.68. The fourth-order valence-corrected chi connectivity index (χ4v) is 2.99. The van der Waals surface area contributed by atoms with E-state index in [1.165, 1.54) is 5.56 Å². The molecule has 1 heterocycles. The predicted octanol–water partition coefficient (Wildman–Crippen LogP) is 3.65. The first-order valence-corrected chi connectivity index (χ1v) is 7.82. The van der Waals surface area contributed by atoms with Crippen molar-refractivity contribution in [3.8, 4) is 0 Å². The number of hydrogen-bond acceptors (Lipinski definition) is 2. The van der Waals surface area contributed by atoms with Crippen molar-refractivity contribution < 1.29 is 4.79 Å². The SMILES string of the molecule is CN(CC1(c2ccc(Br)cc2)CC1)C(=O)c1cccnc1. The average molecular weight is 345 g/mol. The van der Waals surface area contributed by atoms with Gasteiger partial charge in [0.2, 0.25) is 0 Å². The van der Waals surface area contributed by atoms with Gasteiger partial charge in [0.25, 0.3) is 5.91 Å². The summed E-state index contributed by atoms with van der Waals surface area (Å²) in [6.45, 7) is 0.752.